The van der Waals surface area contributed by atoms with Crippen molar-refractivity contribution in [1.29, 1.82) is 0 Å². The molecule has 2 aromatic carbocycles. The monoisotopic (exact) mass is 375 g/mol. The Morgan fingerprint density at radius 3 is 2.78 bits per heavy atom. The summed E-state index contributed by atoms with van der Waals surface area (Å²) < 4.78 is 0. The number of hydrogen-bond donors (Lipinski definition) is 1. The first-order valence-electron chi connectivity index (χ1n) is 9.12. The van der Waals surface area contributed by atoms with Gasteiger partial charge in [-0.2, -0.15) is 0 Å². The van der Waals surface area contributed by atoms with Gasteiger partial charge in [-0.15, -0.1) is 0 Å². The molecule has 0 saturated carbocycles. The third kappa shape index (κ3) is 4.19. The van der Waals surface area contributed by atoms with Gasteiger partial charge in [0.2, 0.25) is 5.91 Å². The molecule has 1 unspecified atom stereocenters. The van der Waals surface area contributed by atoms with Crippen molar-refractivity contribution in [1.82, 2.24) is 9.97 Å². The van der Waals surface area contributed by atoms with Crippen molar-refractivity contribution in [3.8, 4) is 0 Å². The minimum atomic E-state index is 0.0756. The average Bonchev–Trinajstić information content (AvgIpc) is 3.08. The molecular formula is C22H21N3OS. The summed E-state index contributed by atoms with van der Waals surface area (Å²) in [5.74, 6) is 0.401. The molecule has 136 valence electrons. The highest BCUT2D eigenvalue weighted by atomic mass is 32.2. The Balaban J connectivity index is 1.40. The molecule has 0 spiro atoms. The maximum atomic E-state index is 12.6. The van der Waals surface area contributed by atoms with Crippen molar-refractivity contribution in [2.45, 2.75) is 42.2 Å². The predicted octanol–water partition coefficient (Wildman–Crippen LogP) is 4.99. The quantitative estimate of drug-likeness (QED) is 0.638. The molecule has 4 nitrogen and oxygen atoms in total. The van der Waals surface area contributed by atoms with Crippen LogP contribution in [-0.4, -0.2) is 15.9 Å². The molecule has 1 aliphatic carbocycles. The van der Waals surface area contributed by atoms with Crippen LogP contribution in [0.3, 0.4) is 0 Å². The van der Waals surface area contributed by atoms with Crippen molar-refractivity contribution in [2.24, 2.45) is 0 Å². The highest BCUT2D eigenvalue weighted by Gasteiger charge is 2.24. The van der Waals surface area contributed by atoms with E-state index < -0.39 is 0 Å². The summed E-state index contributed by atoms with van der Waals surface area (Å²) in [7, 11) is 0. The fourth-order valence-electron chi connectivity index (χ4n) is 3.57. The van der Waals surface area contributed by atoms with Crippen LogP contribution in [0.15, 0.2) is 71.0 Å². The number of nitrogens with zero attached hydrogens (tertiary/aromatic N) is 2. The Labute approximate surface area is 163 Å². The van der Waals surface area contributed by atoms with E-state index in [1.807, 2.05) is 19.1 Å². The van der Waals surface area contributed by atoms with E-state index in [4.69, 9.17) is 0 Å². The van der Waals surface area contributed by atoms with Crippen LogP contribution in [-0.2, 0) is 11.2 Å². The lowest BCUT2D eigenvalue weighted by Crippen LogP contribution is -2.15. The molecule has 0 radical (unpaired) electrons. The Bertz CT molecular complexity index is 959. The van der Waals surface area contributed by atoms with E-state index in [1.165, 1.54) is 22.9 Å². The Hall–Kier alpha value is -2.66. The van der Waals surface area contributed by atoms with Gasteiger partial charge in [0.25, 0.3) is 0 Å². The number of rotatable bonds is 5. The first kappa shape index (κ1) is 17.7. The molecule has 1 aromatic heterocycles. The molecule has 27 heavy (non-hydrogen) atoms. The first-order valence-corrected chi connectivity index (χ1v) is 9.94. The molecule has 4 rings (SSSR count). The van der Waals surface area contributed by atoms with E-state index in [9.17, 15) is 4.79 Å². The van der Waals surface area contributed by atoms with E-state index in [0.29, 0.717) is 17.5 Å². The number of aryl methyl sites for hydroxylation is 2. The molecule has 0 fully saturated rings. The zero-order chi connectivity index (χ0) is 18.6. The molecule has 1 N–H and O–H groups in total. The zero-order valence-corrected chi connectivity index (χ0v) is 16.0. The van der Waals surface area contributed by atoms with Gasteiger partial charge in [-0.3, -0.25) is 4.79 Å². The van der Waals surface area contributed by atoms with Crippen molar-refractivity contribution < 1.29 is 4.79 Å². The van der Waals surface area contributed by atoms with E-state index in [2.05, 4.69) is 45.6 Å². The van der Waals surface area contributed by atoms with Crippen LogP contribution in [0.2, 0.25) is 0 Å². The van der Waals surface area contributed by atoms with Crippen molar-refractivity contribution in [3.05, 3.63) is 77.6 Å². The Kier molecular flexibility index (Phi) is 5.21. The second-order valence-electron chi connectivity index (χ2n) is 6.80. The Morgan fingerprint density at radius 2 is 1.96 bits per heavy atom. The molecule has 5 heteroatoms. The van der Waals surface area contributed by atoms with Gasteiger partial charge >= 0.3 is 0 Å². The summed E-state index contributed by atoms with van der Waals surface area (Å²) in [5, 5.41) is 3.80. The third-order valence-electron chi connectivity index (χ3n) is 4.91. The minimum Gasteiger partial charge on any atom is -0.326 e. The van der Waals surface area contributed by atoms with Gasteiger partial charge in [0, 0.05) is 29.4 Å². The van der Waals surface area contributed by atoms with Gasteiger partial charge in [0.1, 0.15) is 0 Å². The van der Waals surface area contributed by atoms with Crippen LogP contribution in [0, 0.1) is 6.92 Å². The summed E-state index contributed by atoms with van der Waals surface area (Å²) in [6.45, 7) is 2.01. The molecule has 0 aliphatic heterocycles. The van der Waals surface area contributed by atoms with Crippen LogP contribution in [0.4, 0.5) is 5.69 Å². The molecule has 0 bridgehead atoms. The van der Waals surface area contributed by atoms with E-state index in [0.717, 1.165) is 29.0 Å². The summed E-state index contributed by atoms with van der Waals surface area (Å²) in [5.41, 5.74) is 4.62. The van der Waals surface area contributed by atoms with E-state index in [-0.39, 0.29) is 5.91 Å². The van der Waals surface area contributed by atoms with E-state index >= 15 is 0 Å². The number of carbonyl (C=O) groups excluding carboxylic acids is 1. The fraction of sp³-hybridized carbons (Fsp3) is 0.227. The number of hydrogen-bond acceptors (Lipinski definition) is 4. The summed E-state index contributed by atoms with van der Waals surface area (Å²) >= 11 is 1.51. The molecule has 1 amide bonds. The minimum absolute atomic E-state index is 0.0756. The van der Waals surface area contributed by atoms with Gasteiger partial charge < -0.3 is 5.32 Å². The molecule has 1 aliphatic rings. The normalized spacial score (nSPS) is 15.4. The van der Waals surface area contributed by atoms with E-state index in [1.54, 1.807) is 18.5 Å². The van der Waals surface area contributed by atoms with Gasteiger partial charge in [-0.05, 0) is 78.4 Å². The number of nitrogens with one attached hydrogen (secondary N) is 1. The van der Waals surface area contributed by atoms with Crippen molar-refractivity contribution in [2.75, 3.05) is 5.32 Å². The maximum absolute atomic E-state index is 12.6. The number of aromatic nitrogens is 2. The standard InChI is InChI=1S/C22H21N3OS/c1-15-13-18(27-22-23-11-4-12-24-22)9-10-20(15)25-21(26)14-17-8-7-16-5-2-3-6-19(16)17/h2-6,9-13,17H,7-8,14H2,1H3,(H,25,26). The van der Waals surface area contributed by atoms with Gasteiger partial charge in [-0.25, -0.2) is 9.97 Å². The number of anilines is 1. The summed E-state index contributed by atoms with van der Waals surface area (Å²) in [6.07, 6.45) is 6.12. The second-order valence-corrected chi connectivity index (χ2v) is 7.84. The largest absolute Gasteiger partial charge is 0.326 e. The lowest BCUT2D eigenvalue weighted by Gasteiger charge is -2.13. The summed E-state index contributed by atoms with van der Waals surface area (Å²) in [4.78, 5) is 22.1. The molecule has 1 heterocycles. The van der Waals surface area contributed by atoms with Gasteiger partial charge in [0.05, 0.1) is 0 Å². The molecule has 1 atom stereocenters. The van der Waals surface area contributed by atoms with Crippen LogP contribution in [0.5, 0.6) is 0 Å². The number of carbonyl (C=O) groups is 1. The fourth-order valence-corrected chi connectivity index (χ4v) is 4.38. The van der Waals surface area contributed by atoms with Crippen molar-refractivity contribution >= 4 is 23.4 Å². The summed E-state index contributed by atoms with van der Waals surface area (Å²) in [6, 6.07) is 16.3. The lowest BCUT2D eigenvalue weighted by molar-refractivity contribution is -0.116. The van der Waals surface area contributed by atoms with Crippen LogP contribution in [0.25, 0.3) is 0 Å². The highest BCUT2D eigenvalue weighted by Crippen LogP contribution is 2.35. The smallest absolute Gasteiger partial charge is 0.224 e. The highest BCUT2D eigenvalue weighted by molar-refractivity contribution is 7.99. The molecular weight excluding hydrogens is 354 g/mol. The molecule has 3 aromatic rings. The van der Waals surface area contributed by atoms with Crippen LogP contribution in [0.1, 0.15) is 35.4 Å². The topological polar surface area (TPSA) is 54.9 Å². The molecule has 0 saturated heterocycles. The number of benzene rings is 2. The first-order chi connectivity index (χ1) is 13.2. The third-order valence-corrected chi connectivity index (χ3v) is 5.80. The lowest BCUT2D eigenvalue weighted by atomic mass is 9.97. The van der Waals surface area contributed by atoms with Crippen LogP contribution < -0.4 is 5.32 Å². The average molecular weight is 375 g/mol. The second kappa shape index (κ2) is 7.92. The predicted molar refractivity (Wildman–Crippen MR) is 108 cm³/mol. The van der Waals surface area contributed by atoms with Crippen LogP contribution >= 0.6 is 11.8 Å². The maximum Gasteiger partial charge on any atom is 0.224 e. The number of amides is 1. The Morgan fingerprint density at radius 1 is 1.15 bits per heavy atom. The van der Waals surface area contributed by atoms with Crippen molar-refractivity contribution in [3.63, 3.8) is 0 Å². The SMILES string of the molecule is Cc1cc(Sc2ncccn2)ccc1NC(=O)CC1CCc2ccccc21. The zero-order valence-electron chi connectivity index (χ0n) is 15.2. The van der Waals surface area contributed by atoms with Gasteiger partial charge in [-0.1, -0.05) is 24.3 Å². The number of fused-ring (bicyclic) bond motifs is 1. The van der Waals surface area contributed by atoms with Gasteiger partial charge in [0.15, 0.2) is 5.16 Å².